The van der Waals surface area contributed by atoms with Gasteiger partial charge in [0.2, 0.25) is 11.8 Å². The van der Waals surface area contributed by atoms with E-state index in [9.17, 15) is 22.8 Å². The summed E-state index contributed by atoms with van der Waals surface area (Å²) < 4.78 is 43.4. The number of ether oxygens (including phenoxy) is 1. The predicted octanol–water partition coefficient (Wildman–Crippen LogP) is 1.73. The van der Waals surface area contributed by atoms with Crippen LogP contribution in [0.5, 0.6) is 0 Å². The predicted molar refractivity (Wildman–Crippen MR) is 91.9 cm³/mol. The summed E-state index contributed by atoms with van der Waals surface area (Å²) in [6.07, 6.45) is -4.06. The number of nitrogens with one attached hydrogen (secondary N) is 2. The van der Waals surface area contributed by atoms with Gasteiger partial charge in [0.1, 0.15) is 0 Å². The highest BCUT2D eigenvalue weighted by molar-refractivity contribution is 5.99. The van der Waals surface area contributed by atoms with E-state index in [1.54, 1.807) is 0 Å². The highest BCUT2D eigenvalue weighted by Gasteiger charge is 2.48. The Balaban J connectivity index is 1.42. The second-order valence-corrected chi connectivity index (χ2v) is 6.76. The number of amides is 2. The SMILES string of the molecule is O=C(NCCN1CCOCC1)C1CC1C(=O)Nc1cccc(C(F)(F)F)c1. The van der Waals surface area contributed by atoms with Crippen LogP contribution in [0.4, 0.5) is 18.9 Å². The zero-order chi connectivity index (χ0) is 19.4. The van der Waals surface area contributed by atoms with Crippen molar-refractivity contribution in [2.24, 2.45) is 11.8 Å². The molecule has 6 nitrogen and oxygen atoms in total. The summed E-state index contributed by atoms with van der Waals surface area (Å²) in [4.78, 5) is 26.5. The summed E-state index contributed by atoms with van der Waals surface area (Å²) in [5, 5.41) is 5.29. The molecule has 1 aliphatic heterocycles. The number of morpholine rings is 1. The largest absolute Gasteiger partial charge is 0.416 e. The van der Waals surface area contributed by atoms with Crippen molar-refractivity contribution in [1.82, 2.24) is 10.2 Å². The van der Waals surface area contributed by atoms with Crippen LogP contribution in [-0.4, -0.2) is 56.1 Å². The fraction of sp³-hybridized carbons (Fsp3) is 0.556. The number of halogens is 3. The minimum atomic E-state index is -4.47. The zero-order valence-electron chi connectivity index (χ0n) is 14.7. The number of hydrogen-bond donors (Lipinski definition) is 2. The molecule has 1 heterocycles. The molecule has 1 aromatic rings. The topological polar surface area (TPSA) is 70.7 Å². The maximum absolute atomic E-state index is 12.7. The maximum atomic E-state index is 12.7. The van der Waals surface area contributed by atoms with E-state index in [2.05, 4.69) is 15.5 Å². The Morgan fingerprint density at radius 2 is 1.85 bits per heavy atom. The van der Waals surface area contributed by atoms with Gasteiger partial charge in [0.25, 0.3) is 0 Å². The van der Waals surface area contributed by atoms with Crippen LogP contribution in [0.1, 0.15) is 12.0 Å². The third-order valence-corrected chi connectivity index (χ3v) is 4.75. The van der Waals surface area contributed by atoms with Gasteiger partial charge in [0, 0.05) is 31.9 Å². The number of rotatable bonds is 6. The Kier molecular flexibility index (Phi) is 6.01. The Hall–Kier alpha value is -2.13. The summed E-state index contributed by atoms with van der Waals surface area (Å²) in [6.45, 7) is 4.27. The molecule has 2 N–H and O–H groups in total. The number of carbonyl (C=O) groups excluding carboxylic acids is 2. The van der Waals surface area contributed by atoms with Crippen LogP contribution in [-0.2, 0) is 20.5 Å². The lowest BCUT2D eigenvalue weighted by molar-refractivity contribution is -0.137. The van der Waals surface area contributed by atoms with Gasteiger partial charge in [0.15, 0.2) is 0 Å². The Bertz CT molecular complexity index is 690. The van der Waals surface area contributed by atoms with Gasteiger partial charge in [-0.25, -0.2) is 0 Å². The molecule has 2 fully saturated rings. The van der Waals surface area contributed by atoms with Crippen molar-refractivity contribution in [2.75, 3.05) is 44.7 Å². The molecule has 1 aliphatic carbocycles. The van der Waals surface area contributed by atoms with Crippen LogP contribution >= 0.6 is 0 Å². The van der Waals surface area contributed by atoms with E-state index < -0.39 is 29.5 Å². The highest BCUT2D eigenvalue weighted by Crippen LogP contribution is 2.39. The van der Waals surface area contributed by atoms with Crippen LogP contribution in [0.15, 0.2) is 24.3 Å². The first-order valence-electron chi connectivity index (χ1n) is 8.90. The second-order valence-electron chi connectivity index (χ2n) is 6.76. The Morgan fingerprint density at radius 1 is 1.15 bits per heavy atom. The lowest BCUT2D eigenvalue weighted by atomic mass is 10.2. The maximum Gasteiger partial charge on any atom is 0.416 e. The number of hydrogen-bond acceptors (Lipinski definition) is 4. The second kappa shape index (κ2) is 8.26. The first-order valence-corrected chi connectivity index (χ1v) is 8.90. The third kappa shape index (κ3) is 5.43. The fourth-order valence-electron chi connectivity index (χ4n) is 3.08. The fourth-order valence-corrected chi connectivity index (χ4v) is 3.08. The van der Waals surface area contributed by atoms with Crippen LogP contribution in [0.3, 0.4) is 0 Å². The molecule has 9 heteroatoms. The smallest absolute Gasteiger partial charge is 0.379 e. The van der Waals surface area contributed by atoms with E-state index in [0.29, 0.717) is 26.2 Å². The summed E-state index contributed by atoms with van der Waals surface area (Å²) in [6, 6.07) is 4.46. The van der Waals surface area contributed by atoms with Crippen molar-refractivity contribution in [1.29, 1.82) is 0 Å². The Labute approximate surface area is 155 Å². The molecule has 0 radical (unpaired) electrons. The zero-order valence-corrected chi connectivity index (χ0v) is 14.7. The van der Waals surface area contributed by atoms with Crippen LogP contribution < -0.4 is 10.6 Å². The van der Waals surface area contributed by atoms with Gasteiger partial charge < -0.3 is 15.4 Å². The number of benzene rings is 1. The average Bonchev–Trinajstić information content (AvgIpc) is 3.43. The van der Waals surface area contributed by atoms with Crippen molar-refractivity contribution in [3.05, 3.63) is 29.8 Å². The quantitative estimate of drug-likeness (QED) is 0.783. The molecule has 27 heavy (non-hydrogen) atoms. The molecule has 2 atom stereocenters. The molecule has 3 rings (SSSR count). The molecule has 2 amide bonds. The number of alkyl halides is 3. The molecular weight excluding hydrogens is 363 g/mol. The number of carbonyl (C=O) groups is 2. The Morgan fingerprint density at radius 3 is 2.56 bits per heavy atom. The lowest BCUT2D eigenvalue weighted by Crippen LogP contribution is -2.41. The summed E-state index contributed by atoms with van der Waals surface area (Å²) in [5.41, 5.74) is -0.748. The van der Waals surface area contributed by atoms with Crippen LogP contribution in [0, 0.1) is 11.8 Å². The summed E-state index contributed by atoms with van der Waals surface area (Å²) in [5.74, 6) is -1.53. The summed E-state index contributed by atoms with van der Waals surface area (Å²) in [7, 11) is 0. The highest BCUT2D eigenvalue weighted by atomic mass is 19.4. The molecule has 0 spiro atoms. The van der Waals surface area contributed by atoms with Crippen LogP contribution in [0.25, 0.3) is 0 Å². The van der Waals surface area contributed by atoms with Crippen molar-refractivity contribution in [3.63, 3.8) is 0 Å². The molecule has 2 aliphatic rings. The van der Waals surface area contributed by atoms with E-state index in [1.165, 1.54) is 12.1 Å². The number of anilines is 1. The van der Waals surface area contributed by atoms with Gasteiger partial charge in [-0.1, -0.05) is 6.07 Å². The molecule has 0 aromatic heterocycles. The van der Waals surface area contributed by atoms with Gasteiger partial charge in [-0.3, -0.25) is 14.5 Å². The number of nitrogens with zero attached hydrogens (tertiary/aromatic N) is 1. The molecule has 1 aromatic carbocycles. The molecule has 148 valence electrons. The van der Waals surface area contributed by atoms with Gasteiger partial charge in [-0.15, -0.1) is 0 Å². The van der Waals surface area contributed by atoms with E-state index >= 15 is 0 Å². The molecular formula is C18H22F3N3O3. The van der Waals surface area contributed by atoms with Crippen molar-refractivity contribution < 1.29 is 27.5 Å². The van der Waals surface area contributed by atoms with Gasteiger partial charge in [-0.05, 0) is 24.6 Å². The van der Waals surface area contributed by atoms with Crippen LogP contribution in [0.2, 0.25) is 0 Å². The van der Waals surface area contributed by atoms with E-state index in [1.807, 2.05) is 0 Å². The first-order chi connectivity index (χ1) is 12.8. The molecule has 0 bridgehead atoms. The third-order valence-electron chi connectivity index (χ3n) is 4.75. The van der Waals surface area contributed by atoms with Crippen molar-refractivity contribution in [3.8, 4) is 0 Å². The minimum Gasteiger partial charge on any atom is -0.379 e. The average molecular weight is 385 g/mol. The lowest BCUT2D eigenvalue weighted by Gasteiger charge is -2.26. The van der Waals surface area contributed by atoms with E-state index in [-0.39, 0.29) is 11.6 Å². The van der Waals surface area contributed by atoms with Gasteiger partial charge in [0.05, 0.1) is 30.6 Å². The standard InChI is InChI=1S/C18H22F3N3O3/c19-18(20,21)12-2-1-3-13(10-12)23-17(26)15-11-14(15)16(25)22-4-5-24-6-8-27-9-7-24/h1-3,10,14-15H,4-9,11H2,(H,22,25)(H,23,26). The van der Waals surface area contributed by atoms with Gasteiger partial charge >= 0.3 is 6.18 Å². The molecule has 1 saturated heterocycles. The summed E-state index contributed by atoms with van der Waals surface area (Å²) >= 11 is 0. The monoisotopic (exact) mass is 385 g/mol. The molecule has 1 saturated carbocycles. The molecule has 2 unspecified atom stereocenters. The minimum absolute atomic E-state index is 0.0770. The van der Waals surface area contributed by atoms with Crippen molar-refractivity contribution in [2.45, 2.75) is 12.6 Å². The van der Waals surface area contributed by atoms with E-state index in [4.69, 9.17) is 4.74 Å². The normalized spacial score (nSPS) is 22.9. The van der Waals surface area contributed by atoms with Gasteiger partial charge in [-0.2, -0.15) is 13.2 Å². The van der Waals surface area contributed by atoms with Crippen molar-refractivity contribution >= 4 is 17.5 Å². The first kappa shape index (κ1) is 19.6. The van der Waals surface area contributed by atoms with E-state index in [0.717, 1.165) is 31.8 Å².